The molecule has 3 aromatic carbocycles. The monoisotopic (exact) mass is 563 g/mol. The Morgan fingerprint density at radius 3 is 1.90 bits per heavy atom. The summed E-state index contributed by atoms with van der Waals surface area (Å²) in [6.07, 6.45) is 0. The van der Waals surface area contributed by atoms with Gasteiger partial charge in [0.25, 0.3) is 10.0 Å². The zero-order valence-electron chi connectivity index (χ0n) is 24.8. The van der Waals surface area contributed by atoms with Crippen LogP contribution in [-0.2, 0) is 26.2 Å². The molecule has 3 aromatic rings. The highest BCUT2D eigenvalue weighted by atomic mass is 32.2. The summed E-state index contributed by atoms with van der Waals surface area (Å²) in [6, 6.07) is 19.0. The van der Waals surface area contributed by atoms with E-state index in [2.05, 4.69) is 5.32 Å². The molecule has 0 aliphatic carbocycles. The smallest absolute Gasteiger partial charge is 0.264 e. The van der Waals surface area contributed by atoms with E-state index in [0.717, 1.165) is 27.8 Å². The van der Waals surface area contributed by atoms with Gasteiger partial charge in [0.05, 0.1) is 10.6 Å². The number of amides is 2. The molecule has 1 atom stereocenters. The molecule has 0 fully saturated rings. The number of hydrogen-bond acceptors (Lipinski definition) is 4. The van der Waals surface area contributed by atoms with Gasteiger partial charge in [0.2, 0.25) is 11.8 Å². The van der Waals surface area contributed by atoms with Crippen LogP contribution in [0.15, 0.2) is 71.6 Å². The number of hydrogen-bond donors (Lipinski definition) is 1. The predicted molar refractivity (Wildman–Crippen MR) is 161 cm³/mol. The predicted octanol–water partition coefficient (Wildman–Crippen LogP) is 5.45. The Morgan fingerprint density at radius 2 is 1.35 bits per heavy atom. The van der Waals surface area contributed by atoms with Crippen molar-refractivity contribution >= 4 is 27.5 Å². The maximum atomic E-state index is 14.1. The molecule has 8 heteroatoms. The Labute approximate surface area is 239 Å². The van der Waals surface area contributed by atoms with E-state index in [1.165, 1.54) is 9.21 Å². The third-order valence-corrected chi connectivity index (χ3v) is 8.43. The van der Waals surface area contributed by atoms with Crippen molar-refractivity contribution in [2.75, 3.05) is 10.8 Å². The van der Waals surface area contributed by atoms with Crippen molar-refractivity contribution in [1.29, 1.82) is 0 Å². The molecule has 3 rings (SSSR count). The van der Waals surface area contributed by atoms with Crippen LogP contribution in [-0.4, -0.2) is 43.3 Å². The first-order valence-electron chi connectivity index (χ1n) is 13.4. The van der Waals surface area contributed by atoms with Crippen molar-refractivity contribution in [2.24, 2.45) is 0 Å². The zero-order chi connectivity index (χ0) is 29.8. The molecule has 0 aromatic heterocycles. The van der Waals surface area contributed by atoms with Crippen LogP contribution in [0, 0.1) is 27.7 Å². The molecule has 0 spiro atoms. The fourth-order valence-corrected chi connectivity index (χ4v) is 5.76. The van der Waals surface area contributed by atoms with E-state index in [4.69, 9.17) is 0 Å². The summed E-state index contributed by atoms with van der Waals surface area (Å²) < 4.78 is 29.2. The largest absolute Gasteiger partial charge is 0.350 e. The minimum absolute atomic E-state index is 0.0930. The average Bonchev–Trinajstić information content (AvgIpc) is 2.87. The fourth-order valence-electron chi connectivity index (χ4n) is 4.29. The van der Waals surface area contributed by atoms with E-state index in [9.17, 15) is 18.0 Å². The highest BCUT2D eigenvalue weighted by Gasteiger charge is 2.34. The van der Waals surface area contributed by atoms with Gasteiger partial charge in [0.1, 0.15) is 12.6 Å². The van der Waals surface area contributed by atoms with Crippen LogP contribution in [0.4, 0.5) is 5.69 Å². The van der Waals surface area contributed by atoms with Crippen LogP contribution < -0.4 is 9.62 Å². The lowest BCUT2D eigenvalue weighted by Gasteiger charge is -2.34. The first-order chi connectivity index (χ1) is 18.6. The van der Waals surface area contributed by atoms with Gasteiger partial charge >= 0.3 is 0 Å². The Hall–Kier alpha value is -3.65. The summed E-state index contributed by atoms with van der Waals surface area (Å²) in [4.78, 5) is 28.8. The standard InChI is InChI=1S/C32H41N3O4S/c1-22-10-15-27(16-11-22)20-34(26(5)31(37)33-32(6,7)8)30(36)21-35(29-19-24(3)9-14-25(29)4)40(38,39)28-17-12-23(2)13-18-28/h9-19,26H,20-21H2,1-8H3,(H,33,37)/t26-/m0/s1. The second-order valence-corrected chi connectivity index (χ2v) is 13.4. The van der Waals surface area contributed by atoms with Crippen LogP contribution in [0.5, 0.6) is 0 Å². The minimum Gasteiger partial charge on any atom is -0.350 e. The zero-order valence-corrected chi connectivity index (χ0v) is 25.6. The number of aryl methyl sites for hydroxylation is 4. The number of rotatable bonds is 9. The number of anilines is 1. The molecule has 0 saturated carbocycles. The van der Waals surface area contributed by atoms with Gasteiger partial charge in [-0.05, 0) is 90.3 Å². The van der Waals surface area contributed by atoms with Crippen LogP contribution in [0.3, 0.4) is 0 Å². The van der Waals surface area contributed by atoms with Gasteiger partial charge in [0, 0.05) is 12.1 Å². The third kappa shape index (κ3) is 7.72. The molecule has 7 nitrogen and oxygen atoms in total. The molecule has 0 saturated heterocycles. The minimum atomic E-state index is -4.11. The number of nitrogens with zero attached hydrogens (tertiary/aromatic N) is 2. The van der Waals surface area contributed by atoms with E-state index in [0.29, 0.717) is 5.69 Å². The van der Waals surface area contributed by atoms with Crippen LogP contribution in [0.25, 0.3) is 0 Å². The van der Waals surface area contributed by atoms with Crippen molar-refractivity contribution < 1.29 is 18.0 Å². The number of benzene rings is 3. The van der Waals surface area contributed by atoms with Crippen LogP contribution in [0.2, 0.25) is 0 Å². The number of carbonyl (C=O) groups excluding carboxylic acids is 2. The molecule has 0 heterocycles. The summed E-state index contributed by atoms with van der Waals surface area (Å²) in [7, 11) is -4.11. The van der Waals surface area contributed by atoms with Crippen molar-refractivity contribution in [3.8, 4) is 0 Å². The van der Waals surface area contributed by atoms with E-state index in [1.54, 1.807) is 37.3 Å². The topological polar surface area (TPSA) is 86.8 Å². The number of nitrogens with one attached hydrogen (secondary N) is 1. The van der Waals surface area contributed by atoms with E-state index in [1.807, 2.05) is 84.9 Å². The molecular formula is C32H41N3O4S. The van der Waals surface area contributed by atoms with Crippen molar-refractivity contribution in [2.45, 2.75) is 78.4 Å². The lowest BCUT2D eigenvalue weighted by Crippen LogP contribution is -2.54. The third-order valence-electron chi connectivity index (χ3n) is 6.66. The highest BCUT2D eigenvalue weighted by molar-refractivity contribution is 7.92. The lowest BCUT2D eigenvalue weighted by molar-refractivity contribution is -0.140. The highest BCUT2D eigenvalue weighted by Crippen LogP contribution is 2.29. The quantitative estimate of drug-likeness (QED) is 0.375. The van der Waals surface area contributed by atoms with Gasteiger partial charge in [-0.3, -0.25) is 13.9 Å². The summed E-state index contributed by atoms with van der Waals surface area (Å²) in [6.45, 7) is 14.6. The molecule has 40 heavy (non-hydrogen) atoms. The Morgan fingerprint density at radius 1 is 0.825 bits per heavy atom. The SMILES string of the molecule is Cc1ccc(CN(C(=O)CN(c2cc(C)ccc2C)S(=O)(=O)c2ccc(C)cc2)[C@@H](C)C(=O)NC(C)(C)C)cc1. The van der Waals surface area contributed by atoms with Gasteiger partial charge in [0.15, 0.2) is 0 Å². The fraction of sp³-hybridized carbons (Fsp3) is 0.375. The van der Waals surface area contributed by atoms with Crippen LogP contribution >= 0.6 is 0 Å². The molecule has 0 aliphatic heterocycles. The van der Waals surface area contributed by atoms with Crippen molar-refractivity contribution in [3.05, 3.63) is 94.5 Å². The summed E-state index contributed by atoms with van der Waals surface area (Å²) in [5, 5.41) is 2.95. The molecule has 0 aliphatic rings. The molecule has 2 amide bonds. The maximum Gasteiger partial charge on any atom is 0.264 e. The van der Waals surface area contributed by atoms with Crippen LogP contribution in [0.1, 0.15) is 55.5 Å². The normalized spacial score (nSPS) is 12.5. The second kappa shape index (κ2) is 12.3. The first kappa shape index (κ1) is 30.9. The molecule has 214 valence electrons. The van der Waals surface area contributed by atoms with Crippen molar-refractivity contribution in [3.63, 3.8) is 0 Å². The van der Waals surface area contributed by atoms with E-state index in [-0.39, 0.29) is 17.3 Å². The van der Waals surface area contributed by atoms with Gasteiger partial charge in [-0.25, -0.2) is 8.42 Å². The second-order valence-electron chi connectivity index (χ2n) is 11.5. The summed E-state index contributed by atoms with van der Waals surface area (Å²) in [5.41, 5.74) is 4.36. The average molecular weight is 564 g/mol. The molecular weight excluding hydrogens is 522 g/mol. The maximum absolute atomic E-state index is 14.1. The summed E-state index contributed by atoms with van der Waals surface area (Å²) in [5.74, 6) is -0.790. The number of sulfonamides is 1. The van der Waals surface area contributed by atoms with E-state index >= 15 is 0 Å². The van der Waals surface area contributed by atoms with E-state index < -0.39 is 34.1 Å². The Balaban J connectivity index is 2.08. The van der Waals surface area contributed by atoms with Gasteiger partial charge in [-0.1, -0.05) is 59.7 Å². The number of carbonyl (C=O) groups is 2. The Kier molecular flexibility index (Phi) is 9.46. The summed E-state index contributed by atoms with van der Waals surface area (Å²) >= 11 is 0. The van der Waals surface area contributed by atoms with Gasteiger partial charge < -0.3 is 10.2 Å². The van der Waals surface area contributed by atoms with Crippen molar-refractivity contribution in [1.82, 2.24) is 10.2 Å². The van der Waals surface area contributed by atoms with Gasteiger partial charge in [-0.15, -0.1) is 0 Å². The van der Waals surface area contributed by atoms with Gasteiger partial charge in [-0.2, -0.15) is 0 Å². The molecule has 0 radical (unpaired) electrons. The lowest BCUT2D eigenvalue weighted by atomic mass is 10.1. The first-order valence-corrected chi connectivity index (χ1v) is 14.9. The molecule has 0 unspecified atom stereocenters. The molecule has 1 N–H and O–H groups in total. The Bertz CT molecular complexity index is 1460. The molecule has 0 bridgehead atoms.